The van der Waals surface area contributed by atoms with Crippen molar-refractivity contribution in [2.75, 3.05) is 6.54 Å². The number of fused-ring (bicyclic) bond motifs is 1. The van der Waals surface area contributed by atoms with Crippen LogP contribution in [0.15, 0.2) is 28.7 Å². The maximum absolute atomic E-state index is 5.77. The van der Waals surface area contributed by atoms with Crippen molar-refractivity contribution in [3.8, 4) is 0 Å². The molecule has 1 heterocycles. The molecule has 18 heavy (non-hydrogen) atoms. The van der Waals surface area contributed by atoms with Crippen molar-refractivity contribution in [1.82, 2.24) is 5.32 Å². The van der Waals surface area contributed by atoms with Gasteiger partial charge in [-0.25, -0.2) is 0 Å². The lowest BCUT2D eigenvalue weighted by atomic mass is 10.1. The molecule has 0 radical (unpaired) electrons. The zero-order valence-electron chi connectivity index (χ0n) is 11.4. The SMILES string of the molecule is Cc1oc2ccccc2c1CNCC1CC1(C)C. The molecule has 1 aliphatic carbocycles. The average molecular weight is 243 g/mol. The molecule has 3 rings (SSSR count). The quantitative estimate of drug-likeness (QED) is 0.881. The Balaban J connectivity index is 1.69. The summed E-state index contributed by atoms with van der Waals surface area (Å²) in [7, 11) is 0. The van der Waals surface area contributed by atoms with Crippen LogP contribution in [0, 0.1) is 18.3 Å². The summed E-state index contributed by atoms with van der Waals surface area (Å²) in [5.74, 6) is 1.88. The highest BCUT2D eigenvalue weighted by Crippen LogP contribution is 2.51. The molecule has 1 aromatic heterocycles. The molecule has 1 fully saturated rings. The van der Waals surface area contributed by atoms with Crippen molar-refractivity contribution in [1.29, 1.82) is 0 Å². The van der Waals surface area contributed by atoms with Gasteiger partial charge >= 0.3 is 0 Å². The first kappa shape index (κ1) is 11.8. The van der Waals surface area contributed by atoms with Crippen LogP contribution in [-0.2, 0) is 6.54 Å². The fourth-order valence-electron chi connectivity index (χ4n) is 2.74. The molecule has 1 N–H and O–H groups in total. The minimum Gasteiger partial charge on any atom is -0.461 e. The van der Waals surface area contributed by atoms with Crippen LogP contribution < -0.4 is 5.32 Å². The average Bonchev–Trinajstić information content (AvgIpc) is 2.79. The number of rotatable bonds is 4. The van der Waals surface area contributed by atoms with E-state index in [0.29, 0.717) is 5.41 Å². The van der Waals surface area contributed by atoms with Gasteiger partial charge in [-0.15, -0.1) is 0 Å². The Hall–Kier alpha value is -1.28. The fraction of sp³-hybridized carbons (Fsp3) is 0.500. The molecule has 2 aromatic rings. The van der Waals surface area contributed by atoms with Crippen molar-refractivity contribution < 1.29 is 4.42 Å². The minimum atomic E-state index is 0.556. The first-order valence-electron chi connectivity index (χ1n) is 6.75. The molecule has 0 bridgehead atoms. The number of hydrogen-bond donors (Lipinski definition) is 1. The summed E-state index contributed by atoms with van der Waals surface area (Å²) in [5.41, 5.74) is 2.86. The Morgan fingerprint density at radius 3 is 2.78 bits per heavy atom. The highest BCUT2D eigenvalue weighted by molar-refractivity contribution is 5.82. The van der Waals surface area contributed by atoms with Gasteiger partial charge in [0.15, 0.2) is 0 Å². The summed E-state index contributed by atoms with van der Waals surface area (Å²) >= 11 is 0. The van der Waals surface area contributed by atoms with Crippen molar-refractivity contribution in [3.05, 3.63) is 35.6 Å². The van der Waals surface area contributed by atoms with Crippen LogP contribution in [0.5, 0.6) is 0 Å². The predicted molar refractivity (Wildman–Crippen MR) is 74.5 cm³/mol. The standard InChI is InChI=1S/C16H21NO/c1-11-14(10-17-9-12-8-16(12,2)3)13-6-4-5-7-15(13)18-11/h4-7,12,17H,8-10H2,1-3H3. The van der Waals surface area contributed by atoms with E-state index >= 15 is 0 Å². The molecular formula is C16H21NO. The van der Waals surface area contributed by atoms with Gasteiger partial charge in [-0.05, 0) is 37.3 Å². The molecule has 96 valence electrons. The van der Waals surface area contributed by atoms with Crippen LogP contribution in [0.1, 0.15) is 31.6 Å². The second-order valence-electron chi connectivity index (χ2n) is 6.15. The molecule has 1 unspecified atom stereocenters. The molecule has 0 spiro atoms. The van der Waals surface area contributed by atoms with E-state index in [1.54, 1.807) is 0 Å². The number of aryl methyl sites for hydroxylation is 1. The lowest BCUT2D eigenvalue weighted by Gasteiger charge is -2.06. The van der Waals surface area contributed by atoms with E-state index in [1.165, 1.54) is 17.4 Å². The number of hydrogen-bond acceptors (Lipinski definition) is 2. The minimum absolute atomic E-state index is 0.556. The highest BCUT2D eigenvalue weighted by atomic mass is 16.3. The van der Waals surface area contributed by atoms with Crippen LogP contribution >= 0.6 is 0 Å². The third-order valence-electron chi connectivity index (χ3n) is 4.31. The van der Waals surface area contributed by atoms with E-state index < -0.39 is 0 Å². The molecule has 0 aliphatic heterocycles. The largest absolute Gasteiger partial charge is 0.461 e. The number of furan rings is 1. The molecule has 1 aromatic carbocycles. The van der Waals surface area contributed by atoms with Crippen molar-refractivity contribution in [2.24, 2.45) is 11.3 Å². The summed E-state index contributed by atoms with van der Waals surface area (Å²) in [6.07, 6.45) is 1.35. The molecular weight excluding hydrogens is 222 g/mol. The lowest BCUT2D eigenvalue weighted by Crippen LogP contribution is -2.18. The Kier molecular flexibility index (Phi) is 2.70. The number of nitrogens with one attached hydrogen (secondary N) is 1. The molecule has 0 saturated heterocycles. The number of para-hydroxylation sites is 1. The van der Waals surface area contributed by atoms with E-state index in [4.69, 9.17) is 4.42 Å². The number of benzene rings is 1. The second kappa shape index (κ2) is 4.13. The lowest BCUT2D eigenvalue weighted by molar-refractivity contribution is 0.515. The summed E-state index contributed by atoms with van der Waals surface area (Å²) in [6.45, 7) is 8.77. The first-order chi connectivity index (χ1) is 8.58. The maximum atomic E-state index is 5.77. The van der Waals surface area contributed by atoms with Gasteiger partial charge in [0.2, 0.25) is 0 Å². The van der Waals surface area contributed by atoms with E-state index in [2.05, 4.69) is 38.2 Å². The van der Waals surface area contributed by atoms with Gasteiger partial charge in [-0.3, -0.25) is 0 Å². The van der Waals surface area contributed by atoms with Crippen molar-refractivity contribution >= 4 is 11.0 Å². The first-order valence-corrected chi connectivity index (χ1v) is 6.75. The van der Waals surface area contributed by atoms with E-state index in [-0.39, 0.29) is 0 Å². The van der Waals surface area contributed by atoms with Gasteiger partial charge in [0.05, 0.1) is 0 Å². The van der Waals surface area contributed by atoms with Gasteiger partial charge in [0, 0.05) is 17.5 Å². The Morgan fingerprint density at radius 2 is 2.06 bits per heavy atom. The van der Waals surface area contributed by atoms with Gasteiger partial charge in [0.1, 0.15) is 11.3 Å². The smallest absolute Gasteiger partial charge is 0.134 e. The van der Waals surface area contributed by atoms with Gasteiger partial charge in [0.25, 0.3) is 0 Å². The van der Waals surface area contributed by atoms with Gasteiger partial charge in [-0.2, -0.15) is 0 Å². The Morgan fingerprint density at radius 1 is 1.33 bits per heavy atom. The normalized spacial score (nSPS) is 21.4. The van der Waals surface area contributed by atoms with E-state index in [9.17, 15) is 0 Å². The van der Waals surface area contributed by atoms with E-state index in [0.717, 1.165) is 30.4 Å². The molecule has 0 amide bonds. The second-order valence-corrected chi connectivity index (χ2v) is 6.15. The molecule has 2 nitrogen and oxygen atoms in total. The van der Waals surface area contributed by atoms with Crippen LogP contribution in [0.25, 0.3) is 11.0 Å². The molecule has 1 atom stereocenters. The zero-order valence-corrected chi connectivity index (χ0v) is 11.4. The Labute approximate surface area is 108 Å². The van der Waals surface area contributed by atoms with Crippen LogP contribution in [-0.4, -0.2) is 6.54 Å². The summed E-state index contributed by atoms with van der Waals surface area (Å²) in [4.78, 5) is 0. The van der Waals surface area contributed by atoms with Crippen LogP contribution in [0.2, 0.25) is 0 Å². The monoisotopic (exact) mass is 243 g/mol. The summed E-state index contributed by atoms with van der Waals surface area (Å²) in [6, 6.07) is 8.28. The van der Waals surface area contributed by atoms with Crippen LogP contribution in [0.4, 0.5) is 0 Å². The molecule has 2 heteroatoms. The third-order valence-corrected chi connectivity index (χ3v) is 4.31. The maximum Gasteiger partial charge on any atom is 0.134 e. The van der Waals surface area contributed by atoms with Crippen molar-refractivity contribution in [2.45, 2.75) is 33.7 Å². The molecule has 1 saturated carbocycles. The molecule has 1 aliphatic rings. The predicted octanol–water partition coefficient (Wildman–Crippen LogP) is 3.88. The highest BCUT2D eigenvalue weighted by Gasteiger charge is 2.44. The summed E-state index contributed by atoms with van der Waals surface area (Å²) in [5, 5.41) is 4.83. The van der Waals surface area contributed by atoms with Gasteiger partial charge in [-0.1, -0.05) is 32.0 Å². The van der Waals surface area contributed by atoms with E-state index in [1.807, 2.05) is 12.1 Å². The van der Waals surface area contributed by atoms with Gasteiger partial charge < -0.3 is 9.73 Å². The third kappa shape index (κ3) is 2.05. The van der Waals surface area contributed by atoms with Crippen molar-refractivity contribution in [3.63, 3.8) is 0 Å². The van der Waals surface area contributed by atoms with Crippen LogP contribution in [0.3, 0.4) is 0 Å². The fourth-order valence-corrected chi connectivity index (χ4v) is 2.74. The summed E-state index contributed by atoms with van der Waals surface area (Å²) < 4.78 is 5.77. The topological polar surface area (TPSA) is 25.2 Å². The zero-order chi connectivity index (χ0) is 12.8. The Bertz CT molecular complexity index is 567.